The number of alkyl halides is 6. The van der Waals surface area contributed by atoms with Crippen LogP contribution in [0, 0.1) is 0 Å². The first-order valence-electron chi connectivity index (χ1n) is 9.63. The molecule has 4 nitrogen and oxygen atoms in total. The second kappa shape index (κ2) is 9.68. The number of hydrogen-bond acceptors (Lipinski definition) is 4. The molecule has 33 heavy (non-hydrogen) atoms. The maximum atomic E-state index is 12.9. The van der Waals surface area contributed by atoms with Gasteiger partial charge in [0.05, 0.1) is 23.2 Å². The highest BCUT2D eigenvalue weighted by Crippen LogP contribution is 2.36. The fourth-order valence-corrected chi connectivity index (χ4v) is 2.65. The van der Waals surface area contributed by atoms with Crippen LogP contribution in [0.4, 0.5) is 32.0 Å². The molecule has 0 saturated carbocycles. The molecule has 0 heterocycles. The number of para-hydroxylation sites is 1. The highest BCUT2D eigenvalue weighted by Gasteiger charge is 2.36. The Kier molecular flexibility index (Phi) is 7.61. The summed E-state index contributed by atoms with van der Waals surface area (Å²) in [7, 11) is 0. The van der Waals surface area contributed by atoms with Crippen molar-refractivity contribution in [3.05, 3.63) is 70.8 Å². The molecule has 0 aliphatic carbocycles. The summed E-state index contributed by atoms with van der Waals surface area (Å²) in [6, 6.07) is 7.26. The number of nitrogens with one attached hydrogen (secondary N) is 1. The fourth-order valence-electron chi connectivity index (χ4n) is 2.65. The van der Waals surface area contributed by atoms with Crippen molar-refractivity contribution in [2.45, 2.75) is 38.7 Å². The molecule has 0 amide bonds. The Bertz CT molecular complexity index is 1020. The number of benzene rings is 2. The van der Waals surface area contributed by atoms with Crippen LogP contribution in [0.1, 0.15) is 47.8 Å². The van der Waals surface area contributed by atoms with Gasteiger partial charge in [0, 0.05) is 5.69 Å². The van der Waals surface area contributed by atoms with Crippen LogP contribution in [0.3, 0.4) is 0 Å². The Hall–Kier alpha value is -3.30. The number of halogens is 6. The van der Waals surface area contributed by atoms with Gasteiger partial charge in [-0.1, -0.05) is 18.2 Å². The maximum absolute atomic E-state index is 12.9. The third-order valence-corrected chi connectivity index (χ3v) is 4.07. The lowest BCUT2D eigenvalue weighted by Gasteiger charge is -2.20. The van der Waals surface area contributed by atoms with Gasteiger partial charge in [-0.25, -0.2) is 4.79 Å². The highest BCUT2D eigenvalue weighted by molar-refractivity contribution is 5.99. The summed E-state index contributed by atoms with van der Waals surface area (Å²) in [6.07, 6.45) is -8.24. The normalized spacial score (nSPS) is 12.6. The lowest BCUT2D eigenvalue weighted by Crippen LogP contribution is -2.24. The van der Waals surface area contributed by atoms with Crippen molar-refractivity contribution >= 4 is 23.5 Å². The predicted octanol–water partition coefficient (Wildman–Crippen LogP) is 6.37. The van der Waals surface area contributed by atoms with E-state index in [2.05, 4.69) is 5.32 Å². The molecule has 1 N–H and O–H groups in total. The fraction of sp³-hybridized carbons (Fsp3) is 0.304. The molecule has 0 radical (unpaired) electrons. The molecule has 0 unspecified atom stereocenters. The summed E-state index contributed by atoms with van der Waals surface area (Å²) in [5, 5.41) is 2.73. The van der Waals surface area contributed by atoms with E-state index < -0.39 is 46.4 Å². The zero-order valence-electron chi connectivity index (χ0n) is 17.9. The van der Waals surface area contributed by atoms with Crippen molar-refractivity contribution in [1.82, 2.24) is 0 Å². The van der Waals surface area contributed by atoms with E-state index in [9.17, 15) is 35.9 Å². The molecule has 0 aromatic heterocycles. The standard InChI is InChI=1S/C23H21F6NO3/c1-21(2,3)33-20(32)18-6-4-5-7-19(18)30-13-17(31)9-8-14-10-15(22(24,25)26)12-16(11-14)23(27,28)29/h4-12,30H,13H2,1-3H3/b9-8+. The van der Waals surface area contributed by atoms with Crippen molar-refractivity contribution in [2.75, 3.05) is 11.9 Å². The van der Waals surface area contributed by atoms with E-state index >= 15 is 0 Å². The molecule has 2 aromatic carbocycles. The molecule has 0 bridgehead atoms. The van der Waals surface area contributed by atoms with Crippen molar-refractivity contribution in [2.24, 2.45) is 0 Å². The number of carbonyl (C=O) groups excluding carboxylic acids is 2. The van der Waals surface area contributed by atoms with Crippen LogP contribution in [0.25, 0.3) is 6.08 Å². The van der Waals surface area contributed by atoms with Crippen LogP contribution < -0.4 is 5.32 Å². The van der Waals surface area contributed by atoms with Gasteiger partial charge < -0.3 is 10.1 Å². The van der Waals surface area contributed by atoms with E-state index in [1.54, 1.807) is 32.9 Å². The summed E-state index contributed by atoms with van der Waals surface area (Å²) in [4.78, 5) is 24.5. The number of rotatable bonds is 6. The molecule has 0 aliphatic rings. The van der Waals surface area contributed by atoms with Gasteiger partial charge in [0.2, 0.25) is 0 Å². The van der Waals surface area contributed by atoms with E-state index in [-0.39, 0.29) is 23.9 Å². The van der Waals surface area contributed by atoms with E-state index in [1.165, 1.54) is 12.1 Å². The van der Waals surface area contributed by atoms with Gasteiger partial charge in [-0.15, -0.1) is 0 Å². The summed E-state index contributed by atoms with van der Waals surface area (Å²) in [6.45, 7) is 4.70. The first-order valence-corrected chi connectivity index (χ1v) is 9.63. The molecule has 0 atom stereocenters. The average molecular weight is 473 g/mol. The van der Waals surface area contributed by atoms with Crippen molar-refractivity contribution in [3.8, 4) is 0 Å². The van der Waals surface area contributed by atoms with E-state index in [0.717, 1.165) is 12.2 Å². The number of ketones is 1. The first-order chi connectivity index (χ1) is 15.1. The highest BCUT2D eigenvalue weighted by atomic mass is 19.4. The minimum atomic E-state index is -4.99. The lowest BCUT2D eigenvalue weighted by molar-refractivity contribution is -0.143. The second-order valence-electron chi connectivity index (χ2n) is 8.04. The number of anilines is 1. The van der Waals surface area contributed by atoms with Crippen LogP contribution in [0.5, 0.6) is 0 Å². The van der Waals surface area contributed by atoms with Gasteiger partial charge >= 0.3 is 18.3 Å². The summed E-state index contributed by atoms with van der Waals surface area (Å²) in [5.41, 5.74) is -3.69. The summed E-state index contributed by atoms with van der Waals surface area (Å²) >= 11 is 0. The van der Waals surface area contributed by atoms with Crippen LogP contribution in [0.15, 0.2) is 48.5 Å². The number of hydrogen-bond donors (Lipinski definition) is 1. The molecule has 0 fully saturated rings. The van der Waals surface area contributed by atoms with E-state index in [1.807, 2.05) is 0 Å². The Morgan fingerprint density at radius 2 is 1.45 bits per heavy atom. The summed E-state index contributed by atoms with van der Waals surface area (Å²) in [5.74, 6) is -1.27. The molecule has 0 spiro atoms. The molecule has 178 valence electrons. The summed E-state index contributed by atoms with van der Waals surface area (Å²) < 4.78 is 83.0. The Balaban J connectivity index is 2.17. The molecule has 0 saturated heterocycles. The van der Waals surface area contributed by atoms with Crippen LogP contribution in [-0.2, 0) is 21.9 Å². The maximum Gasteiger partial charge on any atom is 0.416 e. The second-order valence-corrected chi connectivity index (χ2v) is 8.04. The van der Waals surface area contributed by atoms with Crippen LogP contribution in [0.2, 0.25) is 0 Å². The predicted molar refractivity (Wildman–Crippen MR) is 111 cm³/mol. The Morgan fingerprint density at radius 1 is 0.909 bits per heavy atom. The number of ether oxygens (including phenoxy) is 1. The minimum Gasteiger partial charge on any atom is -0.456 e. The number of esters is 1. The van der Waals surface area contributed by atoms with Gasteiger partial charge in [-0.05, 0) is 62.7 Å². The SMILES string of the molecule is CC(C)(C)OC(=O)c1ccccc1NCC(=O)/C=C/c1cc(C(F)(F)F)cc(C(F)(F)F)c1. The van der Waals surface area contributed by atoms with E-state index in [4.69, 9.17) is 4.74 Å². The monoisotopic (exact) mass is 473 g/mol. The zero-order chi connectivity index (χ0) is 25.0. The Morgan fingerprint density at radius 3 is 1.97 bits per heavy atom. The largest absolute Gasteiger partial charge is 0.456 e. The zero-order valence-corrected chi connectivity index (χ0v) is 17.9. The molecule has 0 aliphatic heterocycles. The topological polar surface area (TPSA) is 55.4 Å². The quantitative estimate of drug-likeness (QED) is 0.301. The van der Waals surface area contributed by atoms with Gasteiger partial charge in [0.25, 0.3) is 0 Å². The minimum absolute atomic E-state index is 0.00825. The molecular weight excluding hydrogens is 452 g/mol. The average Bonchev–Trinajstić information content (AvgIpc) is 2.68. The first kappa shape index (κ1) is 26.0. The van der Waals surface area contributed by atoms with Gasteiger partial charge in [-0.2, -0.15) is 26.3 Å². The molecule has 10 heteroatoms. The number of carbonyl (C=O) groups is 2. The van der Waals surface area contributed by atoms with Crippen LogP contribution in [-0.4, -0.2) is 23.9 Å². The van der Waals surface area contributed by atoms with Gasteiger partial charge in [-0.3, -0.25) is 4.79 Å². The van der Waals surface area contributed by atoms with Gasteiger partial charge in [0.1, 0.15) is 5.60 Å². The van der Waals surface area contributed by atoms with E-state index in [0.29, 0.717) is 12.1 Å². The lowest BCUT2D eigenvalue weighted by atomic mass is 10.0. The van der Waals surface area contributed by atoms with Crippen molar-refractivity contribution < 1.29 is 40.7 Å². The van der Waals surface area contributed by atoms with Gasteiger partial charge in [0.15, 0.2) is 5.78 Å². The third-order valence-electron chi connectivity index (χ3n) is 4.07. The molecular formula is C23H21F6NO3. The smallest absolute Gasteiger partial charge is 0.416 e. The van der Waals surface area contributed by atoms with Crippen LogP contribution >= 0.6 is 0 Å². The van der Waals surface area contributed by atoms with Crippen molar-refractivity contribution in [1.29, 1.82) is 0 Å². The molecule has 2 aromatic rings. The van der Waals surface area contributed by atoms with Crippen molar-refractivity contribution in [3.63, 3.8) is 0 Å². The Labute approximate surface area is 186 Å². The molecule has 2 rings (SSSR count). The third kappa shape index (κ3) is 7.96.